The van der Waals surface area contributed by atoms with Crippen LogP contribution >= 0.6 is 0 Å². The van der Waals surface area contributed by atoms with E-state index in [0.717, 1.165) is 28.0 Å². The molecule has 1 spiro atoms. The Morgan fingerprint density at radius 3 is 2.18 bits per heavy atom. The molecule has 194 valence electrons. The molecule has 6 heteroatoms. The van der Waals surface area contributed by atoms with Crippen LogP contribution in [0.1, 0.15) is 43.9 Å². The van der Waals surface area contributed by atoms with E-state index in [9.17, 15) is 9.59 Å². The zero-order valence-corrected chi connectivity index (χ0v) is 22.0. The lowest BCUT2D eigenvalue weighted by Crippen LogP contribution is -2.56. The number of rotatable bonds is 7. The van der Waals surface area contributed by atoms with Crippen molar-refractivity contribution in [1.29, 1.82) is 0 Å². The van der Waals surface area contributed by atoms with Crippen LogP contribution in [0.25, 0.3) is 0 Å². The molecule has 3 aliphatic rings. The van der Waals surface area contributed by atoms with Crippen LogP contribution in [-0.2, 0) is 37.6 Å². The minimum absolute atomic E-state index is 0.0953. The molecule has 1 saturated heterocycles. The molecule has 3 aromatic rings. The van der Waals surface area contributed by atoms with Crippen molar-refractivity contribution >= 4 is 17.5 Å². The van der Waals surface area contributed by atoms with Crippen molar-refractivity contribution in [2.24, 2.45) is 0 Å². The highest BCUT2D eigenvalue weighted by atomic mass is 16.7. The summed E-state index contributed by atoms with van der Waals surface area (Å²) in [5, 5.41) is 0. The monoisotopic (exact) mass is 508 g/mol. The lowest BCUT2D eigenvalue weighted by Gasteiger charge is -2.40. The number of nitrogens with zero attached hydrogens (tertiary/aromatic N) is 2. The average Bonchev–Trinajstić information content (AvgIpc) is 3.45. The first-order valence-corrected chi connectivity index (χ1v) is 13.3. The van der Waals surface area contributed by atoms with Crippen LogP contribution in [0.3, 0.4) is 0 Å². The molecule has 6 nitrogen and oxygen atoms in total. The van der Waals surface area contributed by atoms with Gasteiger partial charge in [0, 0.05) is 42.2 Å². The highest BCUT2D eigenvalue weighted by Crippen LogP contribution is 2.60. The fourth-order valence-corrected chi connectivity index (χ4v) is 6.22. The van der Waals surface area contributed by atoms with Gasteiger partial charge in [-0.1, -0.05) is 78.9 Å². The van der Waals surface area contributed by atoms with Gasteiger partial charge in [0.05, 0.1) is 12.2 Å². The standard InChI is InChI=1S/C32H32N2O4/c1-4-37-32-27(25(29(35)34(32)22(2)3)19-23-13-7-5-8-14-23)20-31(38-32)26-17-11-12-18-28(26)33(30(31)36)21-24-15-9-6-10-16-24/h5-18,22H,4,19-21H2,1-3H3/t31-,32+/m0/s1. The second-order valence-electron chi connectivity index (χ2n) is 10.4. The molecule has 0 bridgehead atoms. The average molecular weight is 509 g/mol. The molecule has 2 amide bonds. The lowest BCUT2D eigenvalue weighted by atomic mass is 9.88. The Kier molecular flexibility index (Phi) is 5.97. The Bertz CT molecular complexity index is 1420. The first-order valence-electron chi connectivity index (χ1n) is 13.3. The van der Waals surface area contributed by atoms with Gasteiger partial charge in [-0.3, -0.25) is 14.5 Å². The Labute approximate surface area is 223 Å². The first-order chi connectivity index (χ1) is 18.4. The molecule has 2 atom stereocenters. The quantitative estimate of drug-likeness (QED) is 0.433. The third kappa shape index (κ3) is 3.55. The van der Waals surface area contributed by atoms with E-state index in [1.807, 2.05) is 111 Å². The van der Waals surface area contributed by atoms with Crippen molar-refractivity contribution in [3.63, 3.8) is 0 Å². The van der Waals surface area contributed by atoms with Gasteiger partial charge in [-0.25, -0.2) is 0 Å². The molecular formula is C32H32N2O4. The van der Waals surface area contributed by atoms with Crippen LogP contribution in [0, 0.1) is 0 Å². The number of carbonyl (C=O) groups excluding carboxylic acids is 2. The first kappa shape index (κ1) is 24.6. The van der Waals surface area contributed by atoms with Crippen LogP contribution in [0.4, 0.5) is 5.69 Å². The molecule has 0 saturated carbocycles. The second-order valence-corrected chi connectivity index (χ2v) is 10.4. The van der Waals surface area contributed by atoms with Gasteiger partial charge in [-0.2, -0.15) is 0 Å². The summed E-state index contributed by atoms with van der Waals surface area (Å²) >= 11 is 0. The summed E-state index contributed by atoms with van der Waals surface area (Å²) < 4.78 is 13.3. The zero-order valence-electron chi connectivity index (χ0n) is 22.0. The van der Waals surface area contributed by atoms with Crippen LogP contribution in [0.5, 0.6) is 0 Å². The number of hydrogen-bond acceptors (Lipinski definition) is 4. The predicted molar refractivity (Wildman–Crippen MR) is 145 cm³/mol. The van der Waals surface area contributed by atoms with E-state index < -0.39 is 11.5 Å². The maximum atomic E-state index is 14.4. The summed E-state index contributed by atoms with van der Waals surface area (Å²) in [6.45, 7) is 6.58. The molecule has 3 aromatic carbocycles. The maximum Gasteiger partial charge on any atom is 0.281 e. The minimum atomic E-state index is -1.42. The third-order valence-corrected chi connectivity index (χ3v) is 7.76. The van der Waals surface area contributed by atoms with E-state index in [0.29, 0.717) is 25.1 Å². The Balaban J connectivity index is 1.50. The van der Waals surface area contributed by atoms with Crippen LogP contribution in [0.15, 0.2) is 96.1 Å². The molecule has 0 radical (unpaired) electrons. The number of carbonyl (C=O) groups is 2. The summed E-state index contributed by atoms with van der Waals surface area (Å²) in [4.78, 5) is 31.8. The summed E-state index contributed by atoms with van der Waals surface area (Å²) in [6.07, 6.45) is 0.724. The molecule has 0 N–H and O–H groups in total. The fourth-order valence-electron chi connectivity index (χ4n) is 6.22. The Morgan fingerprint density at radius 2 is 1.53 bits per heavy atom. The number of amides is 2. The maximum absolute atomic E-state index is 14.4. The molecule has 0 aromatic heterocycles. The van der Waals surface area contributed by atoms with Crippen molar-refractivity contribution in [3.8, 4) is 0 Å². The highest BCUT2D eigenvalue weighted by Gasteiger charge is 2.69. The number of fused-ring (bicyclic) bond motifs is 3. The van der Waals surface area contributed by atoms with Gasteiger partial charge in [0.1, 0.15) is 0 Å². The summed E-state index contributed by atoms with van der Waals surface area (Å²) in [7, 11) is 0. The van der Waals surface area contributed by atoms with Crippen molar-refractivity contribution in [2.45, 2.75) is 57.7 Å². The number of para-hydroxylation sites is 1. The van der Waals surface area contributed by atoms with E-state index >= 15 is 0 Å². The Hall–Kier alpha value is -3.74. The summed E-state index contributed by atoms with van der Waals surface area (Å²) in [6, 6.07) is 27.5. The molecule has 6 rings (SSSR count). The minimum Gasteiger partial charge on any atom is -0.329 e. The zero-order chi connectivity index (χ0) is 26.5. The normalized spacial score (nSPS) is 24.2. The molecule has 3 heterocycles. The van der Waals surface area contributed by atoms with Gasteiger partial charge in [-0.05, 0) is 38.0 Å². The molecule has 0 unspecified atom stereocenters. The molecular weight excluding hydrogens is 476 g/mol. The van der Waals surface area contributed by atoms with Gasteiger partial charge in [0.2, 0.25) is 0 Å². The van der Waals surface area contributed by atoms with Gasteiger partial charge in [-0.15, -0.1) is 0 Å². The fraction of sp³-hybridized carbons (Fsp3) is 0.312. The Morgan fingerprint density at radius 1 is 0.895 bits per heavy atom. The third-order valence-electron chi connectivity index (χ3n) is 7.76. The lowest BCUT2D eigenvalue weighted by molar-refractivity contribution is -0.297. The van der Waals surface area contributed by atoms with Gasteiger partial charge in [0.25, 0.3) is 17.7 Å². The number of anilines is 1. The smallest absolute Gasteiger partial charge is 0.281 e. The van der Waals surface area contributed by atoms with Gasteiger partial charge in [0.15, 0.2) is 5.60 Å². The second kappa shape index (κ2) is 9.22. The number of ether oxygens (including phenoxy) is 2. The molecule has 38 heavy (non-hydrogen) atoms. The van der Waals surface area contributed by atoms with E-state index in [2.05, 4.69) is 0 Å². The van der Waals surface area contributed by atoms with Crippen molar-refractivity contribution in [1.82, 2.24) is 4.90 Å². The van der Waals surface area contributed by atoms with Crippen molar-refractivity contribution in [2.75, 3.05) is 11.5 Å². The van der Waals surface area contributed by atoms with Crippen LogP contribution in [-0.4, -0.2) is 35.3 Å². The van der Waals surface area contributed by atoms with Crippen LogP contribution in [0.2, 0.25) is 0 Å². The SMILES string of the molecule is CCO[C@@]12O[C@]3(CC1=C(Cc1ccccc1)C(=O)N2C(C)C)C(=O)N(Cc1ccccc1)c1ccccc13. The van der Waals surface area contributed by atoms with E-state index in [4.69, 9.17) is 9.47 Å². The van der Waals surface area contributed by atoms with E-state index in [1.54, 1.807) is 4.90 Å². The number of hydrogen-bond donors (Lipinski definition) is 0. The van der Waals surface area contributed by atoms with Gasteiger partial charge >= 0.3 is 0 Å². The van der Waals surface area contributed by atoms with Crippen LogP contribution < -0.4 is 4.90 Å². The largest absolute Gasteiger partial charge is 0.329 e. The molecule has 0 aliphatic carbocycles. The predicted octanol–water partition coefficient (Wildman–Crippen LogP) is 5.33. The van der Waals surface area contributed by atoms with E-state index in [1.165, 1.54) is 0 Å². The molecule has 1 fully saturated rings. The number of benzene rings is 3. The van der Waals surface area contributed by atoms with Gasteiger partial charge < -0.3 is 14.4 Å². The highest BCUT2D eigenvalue weighted by molar-refractivity contribution is 6.08. The van der Waals surface area contributed by atoms with Crippen molar-refractivity contribution in [3.05, 3.63) is 113 Å². The molecule has 3 aliphatic heterocycles. The topological polar surface area (TPSA) is 59.1 Å². The van der Waals surface area contributed by atoms with Crippen molar-refractivity contribution < 1.29 is 19.1 Å². The van der Waals surface area contributed by atoms with E-state index in [-0.39, 0.29) is 24.3 Å². The summed E-state index contributed by atoms with van der Waals surface area (Å²) in [5.41, 5.74) is 3.86. The summed E-state index contributed by atoms with van der Waals surface area (Å²) in [5.74, 6) is -1.64.